The number of pyridine rings is 1. The summed E-state index contributed by atoms with van der Waals surface area (Å²) in [6.07, 6.45) is 7.04. The van der Waals surface area contributed by atoms with E-state index in [0.717, 1.165) is 5.88 Å². The van der Waals surface area contributed by atoms with Crippen molar-refractivity contribution in [2.24, 2.45) is 0 Å². The van der Waals surface area contributed by atoms with Crippen LogP contribution in [0, 0.1) is 0 Å². The molecule has 0 amide bonds. The zero-order valence-electron chi connectivity index (χ0n) is 12.4. The van der Waals surface area contributed by atoms with Crippen molar-refractivity contribution in [2.75, 3.05) is 13.1 Å². The molecule has 1 saturated heterocycles. The summed E-state index contributed by atoms with van der Waals surface area (Å²) >= 11 is 0. The Hall–Kier alpha value is -1.09. The van der Waals surface area contributed by atoms with Crippen molar-refractivity contribution in [2.45, 2.75) is 58.6 Å². The van der Waals surface area contributed by atoms with Gasteiger partial charge in [-0.1, -0.05) is 19.4 Å². The van der Waals surface area contributed by atoms with Crippen LogP contribution in [-0.4, -0.2) is 29.1 Å². The molecule has 0 bridgehead atoms. The van der Waals surface area contributed by atoms with Crippen LogP contribution < -0.4 is 4.74 Å². The molecule has 3 heteroatoms. The Morgan fingerprint density at radius 3 is 3.05 bits per heavy atom. The molecular formula is C16H26N2O. The number of unbranched alkanes of at least 4 members (excludes halogenated alkanes) is 1. The van der Waals surface area contributed by atoms with Gasteiger partial charge in [0.2, 0.25) is 5.88 Å². The third-order valence-corrected chi connectivity index (χ3v) is 3.67. The highest BCUT2D eigenvalue weighted by Gasteiger charge is 2.28. The lowest BCUT2D eigenvalue weighted by Crippen LogP contribution is -2.25. The van der Waals surface area contributed by atoms with E-state index >= 15 is 0 Å². The summed E-state index contributed by atoms with van der Waals surface area (Å²) in [7, 11) is 0. The lowest BCUT2D eigenvalue weighted by molar-refractivity contribution is 0.211. The average Bonchev–Trinajstić information content (AvgIpc) is 2.84. The number of hydrogen-bond donors (Lipinski definition) is 0. The highest BCUT2D eigenvalue weighted by molar-refractivity contribution is 5.30. The fourth-order valence-corrected chi connectivity index (χ4v) is 2.79. The van der Waals surface area contributed by atoms with Crippen molar-refractivity contribution in [1.82, 2.24) is 9.88 Å². The summed E-state index contributed by atoms with van der Waals surface area (Å²) in [5.41, 5.74) is 1.27. The van der Waals surface area contributed by atoms with E-state index in [1.165, 1.54) is 44.3 Å². The van der Waals surface area contributed by atoms with E-state index in [9.17, 15) is 0 Å². The van der Waals surface area contributed by atoms with Gasteiger partial charge in [0.15, 0.2) is 0 Å². The van der Waals surface area contributed by atoms with E-state index in [4.69, 9.17) is 4.74 Å². The highest BCUT2D eigenvalue weighted by atomic mass is 16.5. The van der Waals surface area contributed by atoms with Crippen LogP contribution in [0.2, 0.25) is 0 Å². The Morgan fingerprint density at radius 1 is 1.47 bits per heavy atom. The van der Waals surface area contributed by atoms with E-state index in [1.807, 2.05) is 12.3 Å². The fraction of sp³-hybridized carbons (Fsp3) is 0.688. The number of hydrogen-bond acceptors (Lipinski definition) is 3. The Bertz CT molecular complexity index is 392. The molecule has 0 aliphatic carbocycles. The predicted octanol–water partition coefficient (Wildman–Crippen LogP) is 3.81. The predicted molar refractivity (Wildman–Crippen MR) is 78.5 cm³/mol. The average molecular weight is 262 g/mol. The van der Waals surface area contributed by atoms with E-state index in [0.29, 0.717) is 6.04 Å². The van der Waals surface area contributed by atoms with Gasteiger partial charge in [-0.2, -0.15) is 0 Å². The van der Waals surface area contributed by atoms with Crippen LogP contribution in [0.15, 0.2) is 18.3 Å². The summed E-state index contributed by atoms with van der Waals surface area (Å²) in [4.78, 5) is 7.02. The van der Waals surface area contributed by atoms with E-state index < -0.39 is 0 Å². The van der Waals surface area contributed by atoms with Crippen molar-refractivity contribution in [3.8, 4) is 5.88 Å². The maximum atomic E-state index is 5.87. The molecule has 3 nitrogen and oxygen atoms in total. The van der Waals surface area contributed by atoms with Crippen LogP contribution >= 0.6 is 0 Å². The molecule has 2 heterocycles. The lowest BCUT2D eigenvalue weighted by Gasteiger charge is -2.26. The van der Waals surface area contributed by atoms with Crippen molar-refractivity contribution < 1.29 is 4.74 Å². The third kappa shape index (κ3) is 3.69. The Balaban J connectivity index is 2.15. The summed E-state index contributed by atoms with van der Waals surface area (Å²) in [6.45, 7) is 8.77. The van der Waals surface area contributed by atoms with Crippen LogP contribution in [0.4, 0.5) is 0 Å². The van der Waals surface area contributed by atoms with E-state index in [2.05, 4.69) is 36.7 Å². The Morgan fingerprint density at radius 2 is 2.32 bits per heavy atom. The van der Waals surface area contributed by atoms with Crippen LogP contribution in [0.25, 0.3) is 0 Å². The number of likely N-dealkylation sites (tertiary alicyclic amines) is 1. The molecule has 1 atom stereocenters. The standard InChI is InChI=1S/C16H26N2O/c1-4-5-11-18-12-7-9-15(18)14-8-6-10-17-16(14)19-13(2)3/h6,8,10,13,15H,4-5,7,9,11-12H2,1-3H3/t15-/m1/s1. The molecule has 1 fully saturated rings. The lowest BCUT2D eigenvalue weighted by atomic mass is 10.1. The Kier molecular flexibility index (Phi) is 5.20. The second-order valence-electron chi connectivity index (χ2n) is 5.61. The van der Waals surface area contributed by atoms with Gasteiger partial charge in [-0.3, -0.25) is 4.90 Å². The first-order valence-electron chi connectivity index (χ1n) is 7.58. The molecule has 0 aromatic carbocycles. The minimum Gasteiger partial charge on any atom is -0.475 e. The molecule has 1 aromatic heterocycles. The van der Waals surface area contributed by atoms with Crippen LogP contribution in [0.1, 0.15) is 58.1 Å². The van der Waals surface area contributed by atoms with Gasteiger partial charge in [-0.15, -0.1) is 0 Å². The molecule has 1 aromatic rings. The second kappa shape index (κ2) is 6.90. The molecule has 0 spiro atoms. The van der Waals surface area contributed by atoms with Gasteiger partial charge in [0.25, 0.3) is 0 Å². The largest absolute Gasteiger partial charge is 0.475 e. The molecule has 106 valence electrons. The fourth-order valence-electron chi connectivity index (χ4n) is 2.79. The first kappa shape index (κ1) is 14.3. The van der Waals surface area contributed by atoms with Crippen molar-refractivity contribution in [1.29, 1.82) is 0 Å². The molecular weight excluding hydrogens is 236 g/mol. The van der Waals surface area contributed by atoms with E-state index in [-0.39, 0.29) is 6.10 Å². The molecule has 2 rings (SSSR count). The summed E-state index contributed by atoms with van der Waals surface area (Å²) < 4.78 is 5.87. The van der Waals surface area contributed by atoms with Gasteiger partial charge in [0, 0.05) is 17.8 Å². The van der Waals surface area contributed by atoms with Crippen LogP contribution in [0.3, 0.4) is 0 Å². The molecule has 1 aliphatic rings. The van der Waals surface area contributed by atoms with Gasteiger partial charge >= 0.3 is 0 Å². The monoisotopic (exact) mass is 262 g/mol. The van der Waals surface area contributed by atoms with Gasteiger partial charge in [-0.05, 0) is 52.3 Å². The van der Waals surface area contributed by atoms with Crippen molar-refractivity contribution >= 4 is 0 Å². The quantitative estimate of drug-likeness (QED) is 0.779. The molecule has 0 N–H and O–H groups in total. The first-order valence-corrected chi connectivity index (χ1v) is 7.58. The van der Waals surface area contributed by atoms with Gasteiger partial charge in [-0.25, -0.2) is 4.98 Å². The number of rotatable bonds is 6. The highest BCUT2D eigenvalue weighted by Crippen LogP contribution is 2.36. The molecule has 19 heavy (non-hydrogen) atoms. The van der Waals surface area contributed by atoms with E-state index in [1.54, 1.807) is 0 Å². The van der Waals surface area contributed by atoms with Gasteiger partial charge in [0.05, 0.1) is 6.10 Å². The molecule has 0 unspecified atom stereocenters. The molecule has 0 saturated carbocycles. The summed E-state index contributed by atoms with van der Waals surface area (Å²) in [6, 6.07) is 4.70. The minimum absolute atomic E-state index is 0.180. The van der Waals surface area contributed by atoms with Crippen LogP contribution in [0.5, 0.6) is 5.88 Å². The zero-order valence-corrected chi connectivity index (χ0v) is 12.4. The maximum absolute atomic E-state index is 5.87. The SMILES string of the molecule is CCCCN1CCC[C@@H]1c1cccnc1OC(C)C. The van der Waals surface area contributed by atoms with Crippen molar-refractivity contribution in [3.05, 3.63) is 23.9 Å². The summed E-state index contributed by atoms with van der Waals surface area (Å²) in [5, 5.41) is 0. The molecule has 0 radical (unpaired) electrons. The topological polar surface area (TPSA) is 25.4 Å². The normalized spacial score (nSPS) is 20.1. The third-order valence-electron chi connectivity index (χ3n) is 3.67. The number of ether oxygens (including phenoxy) is 1. The number of aromatic nitrogens is 1. The zero-order chi connectivity index (χ0) is 13.7. The Labute approximate surface area is 117 Å². The second-order valence-corrected chi connectivity index (χ2v) is 5.61. The number of nitrogens with zero attached hydrogens (tertiary/aromatic N) is 2. The van der Waals surface area contributed by atoms with Gasteiger partial charge < -0.3 is 4.74 Å². The minimum atomic E-state index is 0.180. The maximum Gasteiger partial charge on any atom is 0.218 e. The first-order chi connectivity index (χ1) is 9.22. The smallest absolute Gasteiger partial charge is 0.218 e. The molecule has 1 aliphatic heterocycles. The summed E-state index contributed by atoms with van der Waals surface area (Å²) in [5.74, 6) is 0.825. The van der Waals surface area contributed by atoms with Crippen LogP contribution in [-0.2, 0) is 0 Å². The van der Waals surface area contributed by atoms with Crippen molar-refractivity contribution in [3.63, 3.8) is 0 Å². The van der Waals surface area contributed by atoms with Gasteiger partial charge in [0.1, 0.15) is 0 Å².